The maximum atomic E-state index is 13.0. The van der Waals surface area contributed by atoms with Gasteiger partial charge in [0.05, 0.1) is 16.9 Å². The maximum absolute atomic E-state index is 13.0. The molecule has 1 unspecified atom stereocenters. The van der Waals surface area contributed by atoms with E-state index >= 15 is 0 Å². The topological polar surface area (TPSA) is 43.8 Å². The summed E-state index contributed by atoms with van der Waals surface area (Å²) in [5, 5.41) is 4.02. The zero-order chi connectivity index (χ0) is 10.9. The van der Waals surface area contributed by atoms with Gasteiger partial charge in [0.15, 0.2) is 0 Å². The lowest BCUT2D eigenvalue weighted by molar-refractivity contribution is -0.00875. The Morgan fingerprint density at radius 3 is 2.71 bits per heavy atom. The van der Waals surface area contributed by atoms with Crippen LogP contribution in [0.15, 0.2) is 6.20 Å². The van der Waals surface area contributed by atoms with Gasteiger partial charge in [-0.3, -0.25) is 4.68 Å². The molecule has 0 aromatic carbocycles. The van der Waals surface area contributed by atoms with Gasteiger partial charge in [-0.05, 0) is 6.92 Å². The van der Waals surface area contributed by atoms with Crippen molar-refractivity contribution in [3.8, 4) is 0 Å². The average Bonchev–Trinajstić information content (AvgIpc) is 2.43. The molecule has 0 saturated heterocycles. The number of hydrogen-bond acceptors (Lipinski definition) is 2. The third kappa shape index (κ3) is 2.04. The highest BCUT2D eigenvalue weighted by atomic mass is 35.5. The highest BCUT2D eigenvalue weighted by Crippen LogP contribution is 2.32. The molecule has 0 saturated carbocycles. The molecule has 6 heteroatoms. The van der Waals surface area contributed by atoms with Gasteiger partial charge in [0.1, 0.15) is 6.04 Å². The van der Waals surface area contributed by atoms with E-state index in [2.05, 4.69) is 5.10 Å². The standard InChI is InChI=1S/C8H12ClF2N3/c1-3-14-6(5(9)4-13-14)7(12)8(2,10)11/h4,7H,3,12H2,1-2H3. The Hall–Kier alpha value is -0.680. The molecule has 0 bridgehead atoms. The lowest BCUT2D eigenvalue weighted by Crippen LogP contribution is -2.32. The first-order chi connectivity index (χ1) is 6.38. The predicted molar refractivity (Wildman–Crippen MR) is 50.5 cm³/mol. The molecule has 0 spiro atoms. The Kier molecular flexibility index (Phi) is 3.11. The highest BCUT2D eigenvalue weighted by molar-refractivity contribution is 6.31. The molecule has 14 heavy (non-hydrogen) atoms. The lowest BCUT2D eigenvalue weighted by Gasteiger charge is -2.20. The fraction of sp³-hybridized carbons (Fsp3) is 0.625. The smallest absolute Gasteiger partial charge is 0.265 e. The van der Waals surface area contributed by atoms with E-state index in [1.807, 2.05) is 0 Å². The van der Waals surface area contributed by atoms with Crippen LogP contribution < -0.4 is 5.73 Å². The summed E-state index contributed by atoms with van der Waals surface area (Å²) in [4.78, 5) is 0. The van der Waals surface area contributed by atoms with Crippen LogP contribution in [0.3, 0.4) is 0 Å². The Morgan fingerprint density at radius 1 is 1.71 bits per heavy atom. The van der Waals surface area contributed by atoms with Crippen LogP contribution in [0.1, 0.15) is 25.6 Å². The van der Waals surface area contributed by atoms with Crippen LogP contribution in [-0.2, 0) is 6.54 Å². The van der Waals surface area contributed by atoms with E-state index in [9.17, 15) is 8.78 Å². The molecule has 2 N–H and O–H groups in total. The summed E-state index contributed by atoms with van der Waals surface area (Å²) in [5.41, 5.74) is 5.58. The second-order valence-electron chi connectivity index (χ2n) is 3.13. The molecule has 3 nitrogen and oxygen atoms in total. The van der Waals surface area contributed by atoms with Crippen molar-refractivity contribution in [3.05, 3.63) is 16.9 Å². The number of nitrogens with two attached hydrogens (primary N) is 1. The van der Waals surface area contributed by atoms with E-state index in [0.717, 1.165) is 6.92 Å². The first kappa shape index (κ1) is 11.4. The number of aryl methyl sites for hydroxylation is 1. The van der Waals surface area contributed by atoms with Crippen molar-refractivity contribution in [1.82, 2.24) is 9.78 Å². The quantitative estimate of drug-likeness (QED) is 0.854. The van der Waals surface area contributed by atoms with E-state index in [0.29, 0.717) is 6.54 Å². The Morgan fingerprint density at radius 2 is 2.29 bits per heavy atom. The van der Waals surface area contributed by atoms with Crippen LogP contribution in [-0.4, -0.2) is 15.7 Å². The van der Waals surface area contributed by atoms with Gasteiger partial charge in [0.2, 0.25) is 0 Å². The maximum Gasteiger partial charge on any atom is 0.265 e. The van der Waals surface area contributed by atoms with Crippen LogP contribution in [0.5, 0.6) is 0 Å². The molecule has 1 heterocycles. The Balaban J connectivity index is 3.11. The van der Waals surface area contributed by atoms with Crippen molar-refractivity contribution in [1.29, 1.82) is 0 Å². The summed E-state index contributed by atoms with van der Waals surface area (Å²) in [6.45, 7) is 3.01. The van der Waals surface area contributed by atoms with Gasteiger partial charge in [0.25, 0.3) is 5.92 Å². The van der Waals surface area contributed by atoms with Crippen LogP contribution >= 0.6 is 11.6 Å². The molecular formula is C8H12ClF2N3. The molecule has 0 aliphatic rings. The van der Waals surface area contributed by atoms with Crippen molar-refractivity contribution in [2.75, 3.05) is 0 Å². The van der Waals surface area contributed by atoms with Gasteiger partial charge < -0.3 is 5.73 Å². The summed E-state index contributed by atoms with van der Waals surface area (Å²) in [6, 6.07) is -1.42. The van der Waals surface area contributed by atoms with E-state index in [1.165, 1.54) is 10.9 Å². The van der Waals surface area contributed by atoms with Crippen LogP contribution in [0.2, 0.25) is 5.02 Å². The van der Waals surface area contributed by atoms with E-state index < -0.39 is 12.0 Å². The van der Waals surface area contributed by atoms with Gasteiger partial charge in [-0.25, -0.2) is 8.78 Å². The fourth-order valence-electron chi connectivity index (χ4n) is 1.17. The minimum Gasteiger partial charge on any atom is -0.318 e. The fourth-order valence-corrected chi connectivity index (χ4v) is 1.43. The molecule has 1 aromatic heterocycles. The van der Waals surface area contributed by atoms with E-state index in [4.69, 9.17) is 17.3 Å². The monoisotopic (exact) mass is 223 g/mol. The zero-order valence-electron chi connectivity index (χ0n) is 7.97. The van der Waals surface area contributed by atoms with Crippen molar-refractivity contribution in [2.45, 2.75) is 32.4 Å². The highest BCUT2D eigenvalue weighted by Gasteiger charge is 2.35. The Labute approximate surface area is 85.8 Å². The van der Waals surface area contributed by atoms with Gasteiger partial charge >= 0.3 is 0 Å². The minimum absolute atomic E-state index is 0.181. The molecule has 1 atom stereocenters. The van der Waals surface area contributed by atoms with Crippen molar-refractivity contribution >= 4 is 11.6 Å². The molecule has 0 aliphatic carbocycles. The van der Waals surface area contributed by atoms with Crippen LogP contribution in [0, 0.1) is 0 Å². The lowest BCUT2D eigenvalue weighted by atomic mass is 10.1. The van der Waals surface area contributed by atoms with Crippen molar-refractivity contribution in [3.63, 3.8) is 0 Å². The normalized spacial score (nSPS) is 14.4. The van der Waals surface area contributed by atoms with Crippen molar-refractivity contribution in [2.24, 2.45) is 5.73 Å². The SMILES string of the molecule is CCn1ncc(Cl)c1C(N)C(C)(F)F. The average molecular weight is 224 g/mol. The van der Waals surface area contributed by atoms with E-state index in [-0.39, 0.29) is 10.7 Å². The summed E-state index contributed by atoms with van der Waals surface area (Å²) in [5.74, 6) is -3.00. The number of alkyl halides is 2. The molecule has 0 aliphatic heterocycles. The number of rotatable bonds is 3. The number of aromatic nitrogens is 2. The molecule has 0 radical (unpaired) electrons. The van der Waals surface area contributed by atoms with Crippen molar-refractivity contribution < 1.29 is 8.78 Å². The number of halogens is 3. The van der Waals surface area contributed by atoms with Gasteiger partial charge in [-0.1, -0.05) is 11.6 Å². The Bertz CT molecular complexity index is 319. The van der Waals surface area contributed by atoms with E-state index in [1.54, 1.807) is 6.92 Å². The molecular weight excluding hydrogens is 212 g/mol. The molecule has 80 valence electrons. The van der Waals surface area contributed by atoms with Gasteiger partial charge in [-0.15, -0.1) is 0 Å². The molecule has 1 aromatic rings. The first-order valence-corrected chi connectivity index (χ1v) is 4.60. The van der Waals surface area contributed by atoms with Crippen LogP contribution in [0.25, 0.3) is 0 Å². The molecule has 0 fully saturated rings. The first-order valence-electron chi connectivity index (χ1n) is 4.22. The molecule has 1 rings (SSSR count). The number of hydrogen-bond donors (Lipinski definition) is 1. The summed E-state index contributed by atoms with van der Waals surface area (Å²) in [6.07, 6.45) is 1.33. The van der Waals surface area contributed by atoms with Gasteiger partial charge in [0, 0.05) is 13.5 Å². The summed E-state index contributed by atoms with van der Waals surface area (Å²) in [7, 11) is 0. The second-order valence-corrected chi connectivity index (χ2v) is 3.53. The third-order valence-electron chi connectivity index (χ3n) is 1.97. The minimum atomic E-state index is -3.00. The summed E-state index contributed by atoms with van der Waals surface area (Å²) >= 11 is 5.73. The second kappa shape index (κ2) is 3.82. The number of nitrogens with zero attached hydrogens (tertiary/aromatic N) is 2. The largest absolute Gasteiger partial charge is 0.318 e. The zero-order valence-corrected chi connectivity index (χ0v) is 8.72. The molecule has 0 amide bonds. The van der Waals surface area contributed by atoms with Gasteiger partial charge in [-0.2, -0.15) is 5.10 Å². The van der Waals surface area contributed by atoms with Crippen LogP contribution in [0.4, 0.5) is 8.78 Å². The third-order valence-corrected chi connectivity index (χ3v) is 2.26. The predicted octanol–water partition coefficient (Wildman–Crippen LogP) is 2.21. The summed E-state index contributed by atoms with van der Waals surface area (Å²) < 4.78 is 27.3.